The van der Waals surface area contributed by atoms with Gasteiger partial charge in [0.05, 0.1) is 17.3 Å². The number of hydrogen-bond donors (Lipinski definition) is 2. The van der Waals surface area contributed by atoms with Crippen LogP contribution in [0.5, 0.6) is 0 Å². The Morgan fingerprint density at radius 1 is 1.21 bits per heavy atom. The van der Waals surface area contributed by atoms with Gasteiger partial charge >= 0.3 is 0 Å². The number of nitrogens with one attached hydrogen (secondary N) is 2. The predicted molar refractivity (Wildman–Crippen MR) is 110 cm³/mol. The number of carbonyl (C=O) groups is 2. The lowest BCUT2D eigenvalue weighted by Gasteiger charge is -2.21. The average molecular weight is 392 g/mol. The molecular formula is C21H24N6O2. The van der Waals surface area contributed by atoms with E-state index >= 15 is 0 Å². The summed E-state index contributed by atoms with van der Waals surface area (Å²) >= 11 is 0. The van der Waals surface area contributed by atoms with Crippen LogP contribution in [0.3, 0.4) is 0 Å². The topological polar surface area (TPSA) is 91.6 Å². The molecule has 0 atom stereocenters. The van der Waals surface area contributed by atoms with Gasteiger partial charge in [0.25, 0.3) is 5.91 Å². The zero-order valence-electron chi connectivity index (χ0n) is 16.3. The fourth-order valence-electron chi connectivity index (χ4n) is 3.29. The molecule has 0 radical (unpaired) electrons. The van der Waals surface area contributed by atoms with Crippen molar-refractivity contribution >= 4 is 23.0 Å². The van der Waals surface area contributed by atoms with Gasteiger partial charge in [-0.3, -0.25) is 19.0 Å². The average Bonchev–Trinajstić information content (AvgIpc) is 3.37. The Labute approximate surface area is 169 Å². The molecule has 150 valence electrons. The number of nitrogens with zero attached hydrogens (tertiary/aromatic N) is 4. The first-order chi connectivity index (χ1) is 14.1. The third-order valence-corrected chi connectivity index (χ3v) is 5.27. The SMILES string of the molecule is CN(CCC(=O)NC1(CNC(=O)c2ncc3ccccn23)CC1)c1ccncc1. The molecule has 0 aliphatic heterocycles. The number of rotatable bonds is 8. The molecule has 8 nitrogen and oxygen atoms in total. The van der Waals surface area contributed by atoms with Crippen molar-refractivity contribution in [2.75, 3.05) is 25.0 Å². The zero-order chi connectivity index (χ0) is 20.3. The molecule has 2 amide bonds. The van der Waals surface area contributed by atoms with Crippen LogP contribution < -0.4 is 15.5 Å². The minimum Gasteiger partial charge on any atom is -0.374 e. The van der Waals surface area contributed by atoms with Gasteiger partial charge in [-0.05, 0) is 37.1 Å². The Kier molecular flexibility index (Phi) is 5.16. The van der Waals surface area contributed by atoms with Crippen molar-refractivity contribution in [3.8, 4) is 0 Å². The highest BCUT2D eigenvalue weighted by Crippen LogP contribution is 2.34. The number of pyridine rings is 2. The van der Waals surface area contributed by atoms with Gasteiger partial charge in [-0.25, -0.2) is 4.98 Å². The lowest BCUT2D eigenvalue weighted by molar-refractivity contribution is -0.121. The molecule has 2 N–H and O–H groups in total. The molecule has 3 heterocycles. The maximum atomic E-state index is 12.5. The second-order valence-corrected chi connectivity index (χ2v) is 7.47. The van der Waals surface area contributed by atoms with Crippen molar-refractivity contribution in [2.45, 2.75) is 24.8 Å². The van der Waals surface area contributed by atoms with Gasteiger partial charge < -0.3 is 15.5 Å². The first-order valence-corrected chi connectivity index (χ1v) is 9.69. The molecule has 0 bridgehead atoms. The highest BCUT2D eigenvalue weighted by molar-refractivity contribution is 5.92. The molecule has 1 saturated carbocycles. The Bertz CT molecular complexity index is 1010. The van der Waals surface area contributed by atoms with E-state index in [1.807, 2.05) is 48.5 Å². The third-order valence-electron chi connectivity index (χ3n) is 5.27. The molecule has 1 fully saturated rings. The largest absolute Gasteiger partial charge is 0.374 e. The molecule has 0 saturated heterocycles. The summed E-state index contributed by atoms with van der Waals surface area (Å²) in [5, 5.41) is 6.01. The Morgan fingerprint density at radius 2 is 2.00 bits per heavy atom. The van der Waals surface area contributed by atoms with Crippen molar-refractivity contribution in [3.63, 3.8) is 0 Å². The van der Waals surface area contributed by atoms with E-state index in [-0.39, 0.29) is 17.4 Å². The van der Waals surface area contributed by atoms with Crippen molar-refractivity contribution in [1.29, 1.82) is 0 Å². The van der Waals surface area contributed by atoms with Crippen LogP contribution in [0.15, 0.2) is 55.1 Å². The van der Waals surface area contributed by atoms with E-state index in [0.29, 0.717) is 25.3 Å². The summed E-state index contributed by atoms with van der Waals surface area (Å²) in [6.07, 6.45) is 9.06. The predicted octanol–water partition coefficient (Wildman–Crippen LogP) is 1.63. The highest BCUT2D eigenvalue weighted by Gasteiger charge is 2.44. The molecule has 3 aromatic rings. The third kappa shape index (κ3) is 4.37. The van der Waals surface area contributed by atoms with Gasteiger partial charge in [-0.15, -0.1) is 0 Å². The zero-order valence-corrected chi connectivity index (χ0v) is 16.3. The second-order valence-electron chi connectivity index (χ2n) is 7.47. The minimum absolute atomic E-state index is 0.0103. The number of aromatic nitrogens is 3. The van der Waals surface area contributed by atoms with Gasteiger partial charge in [0.1, 0.15) is 0 Å². The molecule has 1 aliphatic rings. The fourth-order valence-corrected chi connectivity index (χ4v) is 3.29. The molecule has 4 rings (SSSR count). The summed E-state index contributed by atoms with van der Waals surface area (Å²) in [5.41, 5.74) is 1.55. The Morgan fingerprint density at radius 3 is 2.76 bits per heavy atom. The van der Waals surface area contributed by atoms with Crippen LogP contribution in [0.25, 0.3) is 5.52 Å². The van der Waals surface area contributed by atoms with E-state index in [9.17, 15) is 9.59 Å². The fraction of sp³-hybridized carbons (Fsp3) is 0.333. The summed E-state index contributed by atoms with van der Waals surface area (Å²) in [6, 6.07) is 9.48. The minimum atomic E-state index is -0.338. The van der Waals surface area contributed by atoms with Gasteiger partial charge in [-0.2, -0.15) is 0 Å². The number of carbonyl (C=O) groups excluding carboxylic acids is 2. The Balaban J connectivity index is 1.27. The Hall–Kier alpha value is -3.42. The lowest BCUT2D eigenvalue weighted by Crippen LogP contribution is -2.46. The lowest BCUT2D eigenvalue weighted by atomic mass is 10.2. The van der Waals surface area contributed by atoms with Crippen LogP contribution >= 0.6 is 0 Å². The summed E-state index contributed by atoms with van der Waals surface area (Å²) in [7, 11) is 1.95. The number of hydrogen-bond acceptors (Lipinski definition) is 5. The summed E-state index contributed by atoms with van der Waals surface area (Å²) in [5.74, 6) is 0.0970. The normalized spacial score (nSPS) is 14.4. The van der Waals surface area contributed by atoms with Gasteiger partial charge in [0, 0.05) is 50.8 Å². The maximum Gasteiger partial charge on any atom is 0.287 e. The smallest absolute Gasteiger partial charge is 0.287 e. The number of amides is 2. The van der Waals surface area contributed by atoms with E-state index in [2.05, 4.69) is 20.6 Å². The number of fused-ring (bicyclic) bond motifs is 1. The molecule has 3 aromatic heterocycles. The van der Waals surface area contributed by atoms with E-state index in [1.54, 1.807) is 23.0 Å². The van der Waals surface area contributed by atoms with Crippen LogP contribution in [-0.2, 0) is 4.79 Å². The van der Waals surface area contributed by atoms with Crippen molar-refractivity contribution < 1.29 is 9.59 Å². The number of anilines is 1. The molecule has 0 unspecified atom stereocenters. The quantitative estimate of drug-likeness (QED) is 0.608. The van der Waals surface area contributed by atoms with E-state index in [1.165, 1.54) is 0 Å². The van der Waals surface area contributed by atoms with E-state index in [4.69, 9.17) is 0 Å². The first-order valence-electron chi connectivity index (χ1n) is 9.69. The molecule has 1 aliphatic carbocycles. The molecule has 0 spiro atoms. The standard InChI is InChI=1S/C21H24N6O2/c1-26(16-5-10-22-11-6-16)13-7-18(28)25-21(8-9-21)15-24-20(29)19-23-14-17-4-2-3-12-27(17)19/h2-6,10-12,14H,7-9,13,15H2,1H3,(H,24,29)(H,25,28). The van der Waals surface area contributed by atoms with E-state index < -0.39 is 0 Å². The van der Waals surface area contributed by atoms with Gasteiger partial charge in [-0.1, -0.05) is 6.07 Å². The summed E-state index contributed by atoms with van der Waals surface area (Å²) in [6.45, 7) is 1.01. The maximum absolute atomic E-state index is 12.5. The second kappa shape index (κ2) is 7.90. The summed E-state index contributed by atoms with van der Waals surface area (Å²) in [4.78, 5) is 35.2. The molecule has 8 heteroatoms. The van der Waals surface area contributed by atoms with Crippen molar-refractivity contribution in [3.05, 3.63) is 60.9 Å². The van der Waals surface area contributed by atoms with Gasteiger partial charge in [0.15, 0.2) is 0 Å². The van der Waals surface area contributed by atoms with Gasteiger partial charge in [0.2, 0.25) is 11.7 Å². The molecule has 0 aromatic carbocycles. The highest BCUT2D eigenvalue weighted by atomic mass is 16.2. The van der Waals surface area contributed by atoms with Crippen LogP contribution in [0.2, 0.25) is 0 Å². The van der Waals surface area contributed by atoms with Crippen LogP contribution in [0, 0.1) is 0 Å². The van der Waals surface area contributed by atoms with Crippen LogP contribution in [0.4, 0.5) is 5.69 Å². The molecular weight excluding hydrogens is 368 g/mol. The van der Waals surface area contributed by atoms with Crippen molar-refractivity contribution in [1.82, 2.24) is 25.0 Å². The van der Waals surface area contributed by atoms with Crippen LogP contribution in [-0.4, -0.2) is 51.9 Å². The monoisotopic (exact) mass is 392 g/mol. The number of imidazole rings is 1. The van der Waals surface area contributed by atoms with Crippen molar-refractivity contribution in [2.24, 2.45) is 0 Å². The van der Waals surface area contributed by atoms with E-state index in [0.717, 1.165) is 24.0 Å². The first kappa shape index (κ1) is 18.9. The summed E-state index contributed by atoms with van der Waals surface area (Å²) < 4.78 is 1.75. The molecule has 29 heavy (non-hydrogen) atoms. The van der Waals surface area contributed by atoms with Crippen LogP contribution in [0.1, 0.15) is 29.9 Å².